The summed E-state index contributed by atoms with van der Waals surface area (Å²) >= 11 is 2.23. The highest BCUT2D eigenvalue weighted by molar-refractivity contribution is 14.1. The molecule has 0 bridgehead atoms. The van der Waals surface area contributed by atoms with Crippen LogP contribution in [0.25, 0.3) is 0 Å². The van der Waals surface area contributed by atoms with Crippen LogP contribution in [0.1, 0.15) is 42.5 Å². The third-order valence-electron chi connectivity index (χ3n) is 2.95. The Morgan fingerprint density at radius 3 is 2.75 bits per heavy atom. The molecule has 1 aromatic carbocycles. The number of Topliss-reactive ketones (excluding diaryl/α,β-unsaturated/α-hetero) is 1. The number of halogens is 1. The van der Waals surface area contributed by atoms with Gasteiger partial charge in [-0.2, -0.15) is 0 Å². The fourth-order valence-electron chi connectivity index (χ4n) is 2.05. The van der Waals surface area contributed by atoms with Crippen LogP contribution in [0.5, 0.6) is 0 Å². The van der Waals surface area contributed by atoms with Gasteiger partial charge in [-0.3, -0.25) is 4.79 Å². The van der Waals surface area contributed by atoms with E-state index in [1.54, 1.807) is 0 Å². The van der Waals surface area contributed by atoms with Gasteiger partial charge in [0, 0.05) is 15.6 Å². The number of hydrogen-bond acceptors (Lipinski definition) is 1. The van der Waals surface area contributed by atoms with Crippen molar-refractivity contribution in [3.8, 4) is 0 Å². The van der Waals surface area contributed by atoms with Crippen molar-refractivity contribution in [2.75, 3.05) is 0 Å². The van der Waals surface area contributed by atoms with Gasteiger partial charge in [-0.25, -0.2) is 0 Å². The molecule has 16 heavy (non-hydrogen) atoms. The van der Waals surface area contributed by atoms with E-state index < -0.39 is 0 Å². The van der Waals surface area contributed by atoms with Crippen LogP contribution < -0.4 is 0 Å². The topological polar surface area (TPSA) is 17.1 Å². The normalized spacial score (nSPS) is 15.7. The van der Waals surface area contributed by atoms with Crippen LogP contribution in [0.2, 0.25) is 0 Å². The quantitative estimate of drug-likeness (QED) is 0.458. The first-order valence-corrected chi connectivity index (χ1v) is 6.81. The molecule has 0 atom stereocenters. The maximum atomic E-state index is 12.1. The lowest BCUT2D eigenvalue weighted by Gasteiger charge is -2.12. The summed E-state index contributed by atoms with van der Waals surface area (Å²) in [5.74, 6) is 0.262. The molecule has 2 rings (SSSR count). The molecular formula is C14H15IO. The number of rotatable bonds is 3. The number of benzene rings is 1. The summed E-state index contributed by atoms with van der Waals surface area (Å²) in [6, 6.07) is 7.82. The molecule has 0 aliphatic heterocycles. The van der Waals surface area contributed by atoms with Crippen LogP contribution in [-0.4, -0.2) is 5.78 Å². The molecule has 0 fully saturated rings. The minimum absolute atomic E-state index is 0.262. The summed E-state index contributed by atoms with van der Waals surface area (Å²) < 4.78 is 1.06. The van der Waals surface area contributed by atoms with E-state index in [9.17, 15) is 4.79 Å². The SMILES string of the molecule is O=C(CC1=CCCCC1)c1ccccc1I. The summed E-state index contributed by atoms with van der Waals surface area (Å²) in [5, 5.41) is 0. The molecule has 0 unspecified atom stereocenters. The average molecular weight is 326 g/mol. The van der Waals surface area contributed by atoms with Gasteiger partial charge >= 0.3 is 0 Å². The lowest BCUT2D eigenvalue weighted by Crippen LogP contribution is -2.04. The molecular weight excluding hydrogens is 311 g/mol. The molecule has 0 radical (unpaired) electrons. The zero-order valence-corrected chi connectivity index (χ0v) is 11.4. The van der Waals surface area contributed by atoms with Crippen molar-refractivity contribution in [2.45, 2.75) is 32.1 Å². The molecule has 0 aromatic heterocycles. The Labute approximate surface area is 110 Å². The summed E-state index contributed by atoms with van der Waals surface area (Å²) in [6.45, 7) is 0. The predicted molar refractivity (Wildman–Crippen MR) is 74.7 cm³/mol. The Bertz CT molecular complexity index is 420. The number of allylic oxidation sites excluding steroid dienone is 2. The second-order valence-corrected chi connectivity index (χ2v) is 5.35. The molecule has 1 aromatic rings. The number of carbonyl (C=O) groups excluding carboxylic acids is 1. The Morgan fingerprint density at radius 1 is 1.25 bits per heavy atom. The van der Waals surface area contributed by atoms with E-state index >= 15 is 0 Å². The third-order valence-corrected chi connectivity index (χ3v) is 3.89. The van der Waals surface area contributed by atoms with Crippen LogP contribution in [0, 0.1) is 3.57 Å². The van der Waals surface area contributed by atoms with E-state index in [1.165, 1.54) is 18.4 Å². The zero-order valence-electron chi connectivity index (χ0n) is 9.21. The predicted octanol–water partition coefficient (Wildman–Crippen LogP) is 4.36. The minimum atomic E-state index is 0.262. The van der Waals surface area contributed by atoms with Crippen molar-refractivity contribution < 1.29 is 4.79 Å². The van der Waals surface area contributed by atoms with Gasteiger partial charge in [-0.05, 0) is 54.3 Å². The van der Waals surface area contributed by atoms with Crippen LogP contribution >= 0.6 is 22.6 Å². The van der Waals surface area contributed by atoms with E-state index in [2.05, 4.69) is 28.7 Å². The van der Waals surface area contributed by atoms with Crippen LogP contribution in [0.4, 0.5) is 0 Å². The Morgan fingerprint density at radius 2 is 2.06 bits per heavy atom. The van der Waals surface area contributed by atoms with E-state index in [1.807, 2.05) is 24.3 Å². The van der Waals surface area contributed by atoms with Crippen molar-refractivity contribution >= 4 is 28.4 Å². The highest BCUT2D eigenvalue weighted by Crippen LogP contribution is 2.23. The maximum Gasteiger partial charge on any atom is 0.167 e. The first-order valence-electron chi connectivity index (χ1n) is 5.73. The van der Waals surface area contributed by atoms with Gasteiger partial charge in [0.25, 0.3) is 0 Å². The van der Waals surface area contributed by atoms with Crippen molar-refractivity contribution in [1.82, 2.24) is 0 Å². The fourth-order valence-corrected chi connectivity index (χ4v) is 2.74. The molecule has 0 heterocycles. The second-order valence-electron chi connectivity index (χ2n) is 4.19. The van der Waals surface area contributed by atoms with Gasteiger partial charge in [-0.1, -0.05) is 29.8 Å². The molecule has 0 amide bonds. The van der Waals surface area contributed by atoms with Crippen LogP contribution in [0.15, 0.2) is 35.9 Å². The first-order chi connectivity index (χ1) is 7.77. The van der Waals surface area contributed by atoms with Gasteiger partial charge in [0.05, 0.1) is 0 Å². The van der Waals surface area contributed by atoms with Crippen molar-refractivity contribution in [2.24, 2.45) is 0 Å². The molecule has 1 aliphatic carbocycles. The summed E-state index contributed by atoms with van der Waals surface area (Å²) in [5.41, 5.74) is 2.20. The number of ketones is 1. The Balaban J connectivity index is 2.08. The lowest BCUT2D eigenvalue weighted by atomic mass is 9.94. The van der Waals surface area contributed by atoms with Crippen LogP contribution in [0.3, 0.4) is 0 Å². The van der Waals surface area contributed by atoms with Crippen molar-refractivity contribution in [3.63, 3.8) is 0 Å². The van der Waals surface area contributed by atoms with E-state index in [-0.39, 0.29) is 5.78 Å². The summed E-state index contributed by atoms with van der Waals surface area (Å²) in [4.78, 5) is 12.1. The maximum absolute atomic E-state index is 12.1. The standard InChI is InChI=1S/C14H15IO/c15-13-9-5-4-8-12(13)14(16)10-11-6-2-1-3-7-11/h4-6,8-9H,1-3,7,10H2. The lowest BCUT2D eigenvalue weighted by molar-refractivity contribution is 0.0990. The van der Waals surface area contributed by atoms with Crippen LogP contribution in [-0.2, 0) is 0 Å². The van der Waals surface area contributed by atoms with Gasteiger partial charge in [0.2, 0.25) is 0 Å². The smallest absolute Gasteiger partial charge is 0.167 e. The molecule has 0 saturated heterocycles. The van der Waals surface area contributed by atoms with Gasteiger partial charge in [0.1, 0.15) is 0 Å². The highest BCUT2D eigenvalue weighted by atomic mass is 127. The Hall–Kier alpha value is -0.640. The van der Waals surface area contributed by atoms with E-state index in [0.29, 0.717) is 6.42 Å². The molecule has 2 heteroatoms. The summed E-state index contributed by atoms with van der Waals surface area (Å²) in [7, 11) is 0. The largest absolute Gasteiger partial charge is 0.294 e. The summed E-state index contributed by atoms with van der Waals surface area (Å²) in [6.07, 6.45) is 7.63. The monoisotopic (exact) mass is 326 g/mol. The minimum Gasteiger partial charge on any atom is -0.294 e. The molecule has 84 valence electrons. The number of hydrogen-bond donors (Lipinski definition) is 0. The first kappa shape index (κ1) is 11.8. The molecule has 1 nitrogen and oxygen atoms in total. The van der Waals surface area contributed by atoms with E-state index in [4.69, 9.17) is 0 Å². The van der Waals surface area contributed by atoms with Crippen molar-refractivity contribution in [3.05, 3.63) is 45.0 Å². The second kappa shape index (κ2) is 5.62. The molecule has 0 saturated carbocycles. The zero-order chi connectivity index (χ0) is 11.4. The van der Waals surface area contributed by atoms with Crippen molar-refractivity contribution in [1.29, 1.82) is 0 Å². The fraction of sp³-hybridized carbons (Fsp3) is 0.357. The highest BCUT2D eigenvalue weighted by Gasteiger charge is 2.12. The molecule has 0 spiro atoms. The molecule has 1 aliphatic rings. The Kier molecular flexibility index (Phi) is 4.16. The van der Waals surface area contributed by atoms with E-state index in [0.717, 1.165) is 22.0 Å². The number of carbonyl (C=O) groups is 1. The third kappa shape index (κ3) is 2.94. The van der Waals surface area contributed by atoms with Gasteiger partial charge in [-0.15, -0.1) is 0 Å². The molecule has 0 N–H and O–H groups in total. The van der Waals surface area contributed by atoms with Gasteiger partial charge in [0.15, 0.2) is 5.78 Å². The van der Waals surface area contributed by atoms with Gasteiger partial charge < -0.3 is 0 Å². The average Bonchev–Trinajstić information content (AvgIpc) is 2.31.